The minimum absolute atomic E-state index is 0.304. The number of carbonyl (C=O) groups excluding carboxylic acids is 1. The summed E-state index contributed by atoms with van der Waals surface area (Å²) in [7, 11) is 0. The Morgan fingerprint density at radius 3 is 2.65 bits per heavy atom. The van der Waals surface area contributed by atoms with Crippen molar-refractivity contribution < 1.29 is 9.53 Å². The average molecular weight is 347 g/mol. The second kappa shape index (κ2) is 7.49. The Hall–Kier alpha value is -3.66. The number of ether oxygens (including phenoxy) is 1. The van der Waals surface area contributed by atoms with E-state index in [-0.39, 0.29) is 5.91 Å². The van der Waals surface area contributed by atoms with Crippen LogP contribution in [0.4, 0.5) is 5.69 Å². The number of anilines is 1. The third kappa shape index (κ3) is 3.70. The SMILES string of the molecule is Cc1nccn1-c1ncccc1NC(=O)C(C)Oc1ccc(C#N)cc1. The first-order valence-corrected chi connectivity index (χ1v) is 8.01. The van der Waals surface area contributed by atoms with E-state index < -0.39 is 6.10 Å². The van der Waals surface area contributed by atoms with E-state index in [1.807, 2.05) is 13.0 Å². The number of imidazole rings is 1. The van der Waals surface area contributed by atoms with Crippen LogP contribution >= 0.6 is 0 Å². The zero-order valence-corrected chi connectivity index (χ0v) is 14.4. The van der Waals surface area contributed by atoms with E-state index >= 15 is 0 Å². The van der Waals surface area contributed by atoms with Gasteiger partial charge in [0.25, 0.3) is 5.91 Å². The summed E-state index contributed by atoms with van der Waals surface area (Å²) in [6.07, 6.45) is 4.39. The highest BCUT2D eigenvalue weighted by molar-refractivity contribution is 5.95. The van der Waals surface area contributed by atoms with Crippen molar-refractivity contribution in [1.29, 1.82) is 5.26 Å². The third-order valence-electron chi connectivity index (χ3n) is 3.76. The van der Waals surface area contributed by atoms with Crippen LogP contribution in [0.1, 0.15) is 18.3 Å². The van der Waals surface area contributed by atoms with Gasteiger partial charge in [-0.2, -0.15) is 5.26 Å². The average Bonchev–Trinajstić information content (AvgIpc) is 3.08. The van der Waals surface area contributed by atoms with Crippen molar-refractivity contribution >= 4 is 11.6 Å². The van der Waals surface area contributed by atoms with Crippen LogP contribution in [0.5, 0.6) is 5.75 Å². The van der Waals surface area contributed by atoms with E-state index in [0.29, 0.717) is 22.8 Å². The Morgan fingerprint density at radius 1 is 1.23 bits per heavy atom. The van der Waals surface area contributed by atoms with Gasteiger partial charge in [0.2, 0.25) is 0 Å². The summed E-state index contributed by atoms with van der Waals surface area (Å²) in [6, 6.07) is 12.2. The predicted molar refractivity (Wildman–Crippen MR) is 96.0 cm³/mol. The van der Waals surface area contributed by atoms with Crippen molar-refractivity contribution in [3.8, 4) is 17.6 Å². The third-order valence-corrected chi connectivity index (χ3v) is 3.76. The van der Waals surface area contributed by atoms with Crippen LogP contribution in [0.25, 0.3) is 5.82 Å². The predicted octanol–water partition coefficient (Wildman–Crippen LogP) is 2.85. The Morgan fingerprint density at radius 2 is 2.00 bits per heavy atom. The Balaban J connectivity index is 1.73. The minimum Gasteiger partial charge on any atom is -0.481 e. The maximum absolute atomic E-state index is 12.5. The number of carbonyl (C=O) groups is 1. The van der Waals surface area contributed by atoms with Gasteiger partial charge in [0.15, 0.2) is 11.9 Å². The molecule has 1 unspecified atom stereocenters. The van der Waals surface area contributed by atoms with Crippen molar-refractivity contribution in [2.75, 3.05) is 5.32 Å². The fourth-order valence-electron chi connectivity index (χ4n) is 2.39. The first-order valence-electron chi connectivity index (χ1n) is 8.01. The first kappa shape index (κ1) is 17.2. The molecule has 0 aliphatic carbocycles. The lowest BCUT2D eigenvalue weighted by Gasteiger charge is -2.16. The molecule has 26 heavy (non-hydrogen) atoms. The number of nitriles is 1. The molecule has 1 atom stereocenters. The summed E-state index contributed by atoms with van der Waals surface area (Å²) >= 11 is 0. The maximum atomic E-state index is 12.5. The maximum Gasteiger partial charge on any atom is 0.265 e. The van der Waals surface area contributed by atoms with E-state index in [4.69, 9.17) is 10.00 Å². The molecule has 7 heteroatoms. The molecule has 0 bridgehead atoms. The molecule has 2 aromatic heterocycles. The van der Waals surface area contributed by atoms with Gasteiger partial charge in [-0.3, -0.25) is 9.36 Å². The van der Waals surface area contributed by atoms with Gasteiger partial charge >= 0.3 is 0 Å². The summed E-state index contributed by atoms with van der Waals surface area (Å²) in [5, 5.41) is 11.7. The van der Waals surface area contributed by atoms with Crippen LogP contribution < -0.4 is 10.1 Å². The number of aromatic nitrogens is 3. The largest absolute Gasteiger partial charge is 0.481 e. The molecule has 3 rings (SSSR count). The number of aryl methyl sites for hydroxylation is 1. The van der Waals surface area contributed by atoms with Gasteiger partial charge < -0.3 is 10.1 Å². The lowest BCUT2D eigenvalue weighted by molar-refractivity contribution is -0.122. The molecule has 0 aliphatic heterocycles. The molecule has 7 nitrogen and oxygen atoms in total. The molecule has 1 amide bonds. The molecule has 0 radical (unpaired) electrons. The van der Waals surface area contributed by atoms with Gasteiger partial charge in [0.05, 0.1) is 17.3 Å². The Labute approximate surface area is 150 Å². The van der Waals surface area contributed by atoms with E-state index in [1.54, 1.807) is 66.5 Å². The monoisotopic (exact) mass is 347 g/mol. The molecule has 1 aromatic carbocycles. The second-order valence-electron chi connectivity index (χ2n) is 5.60. The number of amides is 1. The Kier molecular flexibility index (Phi) is 4.94. The lowest BCUT2D eigenvalue weighted by Crippen LogP contribution is -2.30. The number of rotatable bonds is 5. The first-order chi connectivity index (χ1) is 12.6. The Bertz CT molecular complexity index is 957. The number of hydrogen-bond acceptors (Lipinski definition) is 5. The van der Waals surface area contributed by atoms with E-state index in [9.17, 15) is 4.79 Å². The fraction of sp³-hybridized carbons (Fsp3) is 0.158. The summed E-state index contributed by atoms with van der Waals surface area (Å²) < 4.78 is 7.43. The van der Waals surface area contributed by atoms with E-state index in [1.165, 1.54) is 0 Å². The molecule has 0 saturated heterocycles. The van der Waals surface area contributed by atoms with Crippen molar-refractivity contribution in [2.24, 2.45) is 0 Å². The fourth-order valence-corrected chi connectivity index (χ4v) is 2.39. The molecule has 3 aromatic rings. The second-order valence-corrected chi connectivity index (χ2v) is 5.60. The number of nitrogens with one attached hydrogen (secondary N) is 1. The highest BCUT2D eigenvalue weighted by atomic mass is 16.5. The van der Waals surface area contributed by atoms with Crippen LogP contribution in [0, 0.1) is 18.3 Å². The lowest BCUT2D eigenvalue weighted by atomic mass is 10.2. The highest BCUT2D eigenvalue weighted by Gasteiger charge is 2.17. The molecule has 1 N–H and O–H groups in total. The van der Waals surface area contributed by atoms with Gasteiger partial charge in [-0.1, -0.05) is 0 Å². The summed E-state index contributed by atoms with van der Waals surface area (Å²) in [4.78, 5) is 21.0. The van der Waals surface area contributed by atoms with Gasteiger partial charge in [0, 0.05) is 18.6 Å². The van der Waals surface area contributed by atoms with Crippen LogP contribution in [0.2, 0.25) is 0 Å². The van der Waals surface area contributed by atoms with Crippen LogP contribution in [0.3, 0.4) is 0 Å². The molecule has 0 saturated carbocycles. The molecular weight excluding hydrogens is 330 g/mol. The topological polar surface area (TPSA) is 92.8 Å². The van der Waals surface area contributed by atoms with Gasteiger partial charge in [-0.25, -0.2) is 9.97 Å². The number of hydrogen-bond donors (Lipinski definition) is 1. The molecule has 0 fully saturated rings. The zero-order chi connectivity index (χ0) is 18.5. The van der Waals surface area contributed by atoms with Gasteiger partial charge in [-0.15, -0.1) is 0 Å². The van der Waals surface area contributed by atoms with E-state index in [2.05, 4.69) is 15.3 Å². The quantitative estimate of drug-likeness (QED) is 0.766. The van der Waals surface area contributed by atoms with Gasteiger partial charge in [-0.05, 0) is 50.2 Å². The van der Waals surface area contributed by atoms with Crippen LogP contribution in [-0.4, -0.2) is 26.5 Å². The molecular formula is C19H17N5O2. The number of nitrogens with zero attached hydrogens (tertiary/aromatic N) is 4. The molecule has 2 heterocycles. The van der Waals surface area contributed by atoms with Crippen LogP contribution in [0.15, 0.2) is 55.0 Å². The molecule has 0 aliphatic rings. The van der Waals surface area contributed by atoms with Crippen molar-refractivity contribution in [3.05, 3.63) is 66.4 Å². The normalized spacial score (nSPS) is 11.4. The number of benzene rings is 1. The van der Waals surface area contributed by atoms with E-state index in [0.717, 1.165) is 5.82 Å². The van der Waals surface area contributed by atoms with Crippen molar-refractivity contribution in [3.63, 3.8) is 0 Å². The van der Waals surface area contributed by atoms with Gasteiger partial charge in [0.1, 0.15) is 11.6 Å². The van der Waals surface area contributed by atoms with Crippen molar-refractivity contribution in [1.82, 2.24) is 14.5 Å². The minimum atomic E-state index is -0.722. The van der Waals surface area contributed by atoms with Crippen LogP contribution in [-0.2, 0) is 4.79 Å². The summed E-state index contributed by atoms with van der Waals surface area (Å²) in [5.74, 6) is 1.56. The van der Waals surface area contributed by atoms with Crippen molar-refractivity contribution in [2.45, 2.75) is 20.0 Å². The standard InChI is InChI=1S/C19H17N5O2/c1-13(26-16-7-5-15(12-20)6-8-16)19(25)23-17-4-3-9-22-18(17)24-11-10-21-14(24)2/h3-11,13H,1-2H3,(H,23,25). The smallest absolute Gasteiger partial charge is 0.265 e. The summed E-state index contributed by atoms with van der Waals surface area (Å²) in [5.41, 5.74) is 1.10. The summed E-state index contributed by atoms with van der Waals surface area (Å²) in [6.45, 7) is 3.52. The number of pyridine rings is 1. The molecule has 130 valence electrons. The highest BCUT2D eigenvalue weighted by Crippen LogP contribution is 2.19. The molecule has 0 spiro atoms. The zero-order valence-electron chi connectivity index (χ0n) is 14.4.